The first kappa shape index (κ1) is 38.9. The lowest BCUT2D eigenvalue weighted by Gasteiger charge is -2.14. The molecule has 0 aliphatic carbocycles. The summed E-state index contributed by atoms with van der Waals surface area (Å²) in [5.41, 5.74) is 18.1. The minimum absolute atomic E-state index is 0.830. The van der Waals surface area contributed by atoms with Gasteiger partial charge in [0.15, 0.2) is 0 Å². The van der Waals surface area contributed by atoms with Crippen LogP contribution in [0.5, 0.6) is 0 Å². The number of rotatable bonds is 9. The summed E-state index contributed by atoms with van der Waals surface area (Å²) in [5, 5.41) is 2.11. The summed E-state index contributed by atoms with van der Waals surface area (Å²) in [6.07, 6.45) is 0. The summed E-state index contributed by atoms with van der Waals surface area (Å²) in [6.45, 7) is 0. The molecule has 0 bridgehead atoms. The number of hydrogen-bond donors (Lipinski definition) is 0. The fourth-order valence-corrected chi connectivity index (χ4v) is 9.38. The van der Waals surface area contributed by atoms with Crippen molar-refractivity contribution in [3.05, 3.63) is 249 Å². The lowest BCUT2D eigenvalue weighted by molar-refractivity contribution is 0.633. The molecule has 3 heteroatoms. The molecule has 0 aliphatic rings. The maximum absolute atomic E-state index is 7.13. The zero-order valence-corrected chi connectivity index (χ0v) is 35.9. The summed E-state index contributed by atoms with van der Waals surface area (Å²) in [6, 6.07) is 87.2. The summed E-state index contributed by atoms with van der Waals surface area (Å²) < 4.78 is 14.3. The molecule has 66 heavy (non-hydrogen) atoms. The third-order valence-electron chi connectivity index (χ3n) is 12.5. The zero-order chi connectivity index (χ0) is 43.8. The molecule has 0 spiro atoms. The number of hydrogen-bond acceptors (Lipinski definition) is 3. The highest BCUT2D eigenvalue weighted by Gasteiger charge is 2.24. The van der Waals surface area contributed by atoms with Crippen LogP contribution in [-0.2, 0) is 0 Å². The van der Waals surface area contributed by atoms with E-state index in [1.165, 1.54) is 0 Å². The van der Waals surface area contributed by atoms with E-state index in [4.69, 9.17) is 13.8 Å². The van der Waals surface area contributed by atoms with Crippen molar-refractivity contribution in [2.75, 3.05) is 0 Å². The quantitative estimate of drug-likeness (QED) is 0.145. The monoisotopic (exact) mass is 843 g/mol. The van der Waals surface area contributed by atoms with Gasteiger partial charge in [0, 0.05) is 55.3 Å². The third-order valence-corrected chi connectivity index (χ3v) is 12.5. The molecule has 0 atom stereocenters. The average Bonchev–Trinajstić information content (AvgIpc) is 4.00. The van der Waals surface area contributed by atoms with Crippen LogP contribution in [0.25, 0.3) is 123 Å². The fourth-order valence-electron chi connectivity index (χ4n) is 9.38. The summed E-state index contributed by atoms with van der Waals surface area (Å²) in [4.78, 5) is 5.25. The van der Waals surface area contributed by atoms with Gasteiger partial charge in [-0.1, -0.05) is 218 Å². The van der Waals surface area contributed by atoms with Gasteiger partial charge in [-0.05, 0) is 63.7 Å². The summed E-state index contributed by atoms with van der Waals surface area (Å²) in [7, 11) is 0. The van der Waals surface area contributed by atoms with Crippen molar-refractivity contribution >= 4 is 21.9 Å². The molecule has 0 unspecified atom stereocenters. The largest absolute Gasteiger partial charge is 0.455 e. The van der Waals surface area contributed by atoms with E-state index in [0.29, 0.717) is 0 Å². The van der Waals surface area contributed by atoms with Crippen molar-refractivity contribution in [3.8, 4) is 101 Å². The molecule has 0 aliphatic heterocycles. The van der Waals surface area contributed by atoms with E-state index in [9.17, 15) is 0 Å². The standard InChI is InChI=1S/C63H41NO2/c1-7-21-42(22-8-1)56-40-49(41-57(64-56)43-23-9-2-10-24-43)48-37-50(52-33-19-35-54-58(44-25-11-3-12-26-44)60(65-62(52)54)46-29-15-5-16-30-46)39-51(38-48)53-34-20-36-55-59(45-27-13-4-14-28-45)61(66-63(53)55)47-31-17-6-18-32-47/h1-41H. The van der Waals surface area contributed by atoms with Gasteiger partial charge >= 0.3 is 0 Å². The second kappa shape index (κ2) is 16.7. The van der Waals surface area contributed by atoms with Crippen LogP contribution in [0.4, 0.5) is 0 Å². The third kappa shape index (κ3) is 7.10. The number of pyridine rings is 1. The van der Waals surface area contributed by atoms with Gasteiger partial charge in [0.25, 0.3) is 0 Å². The molecular weight excluding hydrogens is 803 g/mol. The first-order valence-corrected chi connectivity index (χ1v) is 22.4. The van der Waals surface area contributed by atoms with Crippen molar-refractivity contribution in [2.45, 2.75) is 0 Å². The molecule has 12 rings (SSSR count). The number of nitrogens with zero attached hydrogens (tertiary/aromatic N) is 1. The summed E-state index contributed by atoms with van der Waals surface area (Å²) >= 11 is 0. The van der Waals surface area contributed by atoms with Gasteiger partial charge in [-0.25, -0.2) is 4.98 Å². The smallest absolute Gasteiger partial charge is 0.143 e. The fraction of sp³-hybridized carbons (Fsp3) is 0. The van der Waals surface area contributed by atoms with Crippen LogP contribution in [0.2, 0.25) is 0 Å². The number of para-hydroxylation sites is 2. The van der Waals surface area contributed by atoms with Gasteiger partial charge < -0.3 is 8.83 Å². The highest BCUT2D eigenvalue weighted by molar-refractivity contribution is 6.09. The van der Waals surface area contributed by atoms with E-state index in [2.05, 4.69) is 224 Å². The molecule has 0 N–H and O–H groups in total. The molecule has 0 saturated carbocycles. The SMILES string of the molecule is c1ccc(-c2cc(-c3cc(-c4cccc5c(-c6ccccc6)c(-c6ccccc6)oc45)cc(-c4cccc5c(-c6ccccc6)c(-c6ccccc6)oc45)c3)cc(-c3ccccc3)n2)cc1. The lowest BCUT2D eigenvalue weighted by Crippen LogP contribution is -1.92. The van der Waals surface area contributed by atoms with Crippen molar-refractivity contribution in [1.82, 2.24) is 4.98 Å². The normalized spacial score (nSPS) is 11.3. The van der Waals surface area contributed by atoms with Gasteiger partial charge in [0.05, 0.1) is 11.4 Å². The number of aromatic nitrogens is 1. The van der Waals surface area contributed by atoms with Crippen LogP contribution >= 0.6 is 0 Å². The van der Waals surface area contributed by atoms with Crippen LogP contribution in [0.15, 0.2) is 258 Å². The van der Waals surface area contributed by atoms with E-state index in [1.807, 2.05) is 24.3 Å². The number of benzene rings is 9. The topological polar surface area (TPSA) is 39.2 Å². The van der Waals surface area contributed by atoms with E-state index >= 15 is 0 Å². The van der Waals surface area contributed by atoms with Crippen molar-refractivity contribution in [3.63, 3.8) is 0 Å². The Bertz CT molecular complexity index is 3420. The van der Waals surface area contributed by atoms with Crippen LogP contribution in [0.1, 0.15) is 0 Å². The Hall–Kier alpha value is -8.79. The van der Waals surface area contributed by atoms with Crippen LogP contribution in [-0.4, -0.2) is 4.98 Å². The Morgan fingerprint density at radius 2 is 0.561 bits per heavy atom. The van der Waals surface area contributed by atoms with Crippen molar-refractivity contribution in [2.24, 2.45) is 0 Å². The first-order chi connectivity index (χ1) is 32.7. The first-order valence-electron chi connectivity index (χ1n) is 22.4. The van der Waals surface area contributed by atoms with E-state index in [-0.39, 0.29) is 0 Å². The van der Waals surface area contributed by atoms with Gasteiger partial charge in [0.2, 0.25) is 0 Å². The lowest BCUT2D eigenvalue weighted by atomic mass is 9.90. The molecule has 3 aromatic heterocycles. The Morgan fingerprint density at radius 3 is 0.939 bits per heavy atom. The molecule has 3 nitrogen and oxygen atoms in total. The van der Waals surface area contributed by atoms with Crippen molar-refractivity contribution in [1.29, 1.82) is 0 Å². The van der Waals surface area contributed by atoms with Crippen LogP contribution < -0.4 is 0 Å². The van der Waals surface area contributed by atoms with E-state index < -0.39 is 0 Å². The zero-order valence-electron chi connectivity index (χ0n) is 35.9. The van der Waals surface area contributed by atoms with Crippen molar-refractivity contribution < 1.29 is 8.83 Å². The molecule has 0 radical (unpaired) electrons. The van der Waals surface area contributed by atoms with Gasteiger partial charge in [-0.15, -0.1) is 0 Å². The minimum atomic E-state index is 0.830. The number of fused-ring (bicyclic) bond motifs is 2. The Labute approximate surface area is 383 Å². The minimum Gasteiger partial charge on any atom is -0.455 e. The molecule has 310 valence electrons. The maximum Gasteiger partial charge on any atom is 0.143 e. The Morgan fingerprint density at radius 1 is 0.242 bits per heavy atom. The highest BCUT2D eigenvalue weighted by Crippen LogP contribution is 2.48. The summed E-state index contributed by atoms with van der Waals surface area (Å²) in [5.74, 6) is 1.69. The molecular formula is C63H41NO2. The average molecular weight is 844 g/mol. The molecule has 0 fully saturated rings. The molecule has 0 saturated heterocycles. The molecule has 12 aromatic rings. The Balaban J connectivity index is 1.14. The van der Waals surface area contributed by atoms with Gasteiger partial charge in [0.1, 0.15) is 22.7 Å². The van der Waals surface area contributed by atoms with Gasteiger partial charge in [-0.3, -0.25) is 0 Å². The molecule has 0 amide bonds. The van der Waals surface area contributed by atoms with Crippen LogP contribution in [0.3, 0.4) is 0 Å². The second-order valence-electron chi connectivity index (χ2n) is 16.6. The van der Waals surface area contributed by atoms with Gasteiger partial charge in [-0.2, -0.15) is 0 Å². The van der Waals surface area contributed by atoms with Crippen LogP contribution in [0, 0.1) is 0 Å². The van der Waals surface area contributed by atoms with E-state index in [1.54, 1.807) is 0 Å². The maximum atomic E-state index is 7.13. The predicted molar refractivity (Wildman–Crippen MR) is 273 cm³/mol. The predicted octanol–water partition coefficient (Wildman–Crippen LogP) is 17.6. The Kier molecular flexibility index (Phi) is 9.85. The highest BCUT2D eigenvalue weighted by atomic mass is 16.3. The second-order valence-corrected chi connectivity index (χ2v) is 16.6. The molecule has 3 heterocycles. The van der Waals surface area contributed by atoms with E-state index in [0.717, 1.165) is 123 Å². The number of furan rings is 2. The molecule has 9 aromatic carbocycles.